The summed E-state index contributed by atoms with van der Waals surface area (Å²) in [7, 11) is 0. The number of likely N-dealkylation sites (tertiary alicyclic amines) is 1. The first-order valence-electron chi connectivity index (χ1n) is 7.93. The molecule has 1 atom stereocenters. The van der Waals surface area contributed by atoms with E-state index in [0.29, 0.717) is 32.5 Å². The molecule has 2 heterocycles. The van der Waals surface area contributed by atoms with Crippen LogP contribution in [0.25, 0.3) is 0 Å². The Labute approximate surface area is 134 Å². The monoisotopic (exact) mass is 316 g/mol. The third-order valence-electron chi connectivity index (χ3n) is 4.70. The average molecular weight is 316 g/mol. The van der Waals surface area contributed by atoms with Gasteiger partial charge in [0.2, 0.25) is 11.8 Å². The molecular weight excluding hydrogens is 296 g/mol. The maximum Gasteiger partial charge on any atom is 0.306 e. The van der Waals surface area contributed by atoms with E-state index in [-0.39, 0.29) is 30.1 Å². The lowest BCUT2D eigenvalue weighted by Crippen LogP contribution is -2.43. The Morgan fingerprint density at radius 3 is 2.30 bits per heavy atom. The minimum Gasteiger partial charge on any atom is -0.481 e. The summed E-state index contributed by atoms with van der Waals surface area (Å²) in [4.78, 5) is 39.1. The number of benzene rings is 1. The van der Waals surface area contributed by atoms with Crippen molar-refractivity contribution >= 4 is 23.5 Å². The number of carbonyl (C=O) groups is 3. The Morgan fingerprint density at radius 2 is 1.70 bits per heavy atom. The van der Waals surface area contributed by atoms with Crippen molar-refractivity contribution in [3.63, 3.8) is 0 Å². The van der Waals surface area contributed by atoms with Crippen LogP contribution in [0.5, 0.6) is 0 Å². The van der Waals surface area contributed by atoms with Gasteiger partial charge in [-0.05, 0) is 25.0 Å². The first-order valence-corrected chi connectivity index (χ1v) is 7.93. The first kappa shape index (κ1) is 15.5. The number of carbonyl (C=O) groups excluding carboxylic acids is 2. The van der Waals surface area contributed by atoms with Crippen molar-refractivity contribution in [3.8, 4) is 0 Å². The third-order valence-corrected chi connectivity index (χ3v) is 4.70. The molecular formula is C17H20N2O4. The number of carboxylic acids is 1. The molecule has 1 aromatic carbocycles. The van der Waals surface area contributed by atoms with E-state index in [9.17, 15) is 14.4 Å². The minimum absolute atomic E-state index is 0.0272. The van der Waals surface area contributed by atoms with Gasteiger partial charge < -0.3 is 14.9 Å². The Kier molecular flexibility index (Phi) is 4.32. The van der Waals surface area contributed by atoms with Gasteiger partial charge in [-0.15, -0.1) is 0 Å². The van der Waals surface area contributed by atoms with Gasteiger partial charge in [-0.25, -0.2) is 0 Å². The van der Waals surface area contributed by atoms with E-state index >= 15 is 0 Å². The minimum atomic E-state index is -0.789. The Morgan fingerprint density at radius 1 is 1.04 bits per heavy atom. The topological polar surface area (TPSA) is 77.9 Å². The number of aliphatic carboxylic acids is 1. The quantitative estimate of drug-likeness (QED) is 0.913. The Balaban J connectivity index is 1.61. The van der Waals surface area contributed by atoms with Gasteiger partial charge >= 0.3 is 5.97 Å². The fourth-order valence-corrected chi connectivity index (χ4v) is 3.34. The number of nitrogens with zero attached hydrogens (tertiary/aromatic N) is 2. The second-order valence-corrected chi connectivity index (χ2v) is 6.18. The summed E-state index contributed by atoms with van der Waals surface area (Å²) in [5.74, 6) is -1.53. The summed E-state index contributed by atoms with van der Waals surface area (Å²) in [5.41, 5.74) is 0.817. The van der Waals surface area contributed by atoms with E-state index in [1.807, 2.05) is 30.3 Å². The Bertz CT molecular complexity index is 608. The molecule has 0 aliphatic carbocycles. The fraction of sp³-hybridized carbons (Fsp3) is 0.471. The van der Waals surface area contributed by atoms with Gasteiger partial charge in [0.05, 0.1) is 11.8 Å². The largest absolute Gasteiger partial charge is 0.481 e. The van der Waals surface area contributed by atoms with Crippen LogP contribution in [0, 0.1) is 11.8 Å². The molecule has 0 spiro atoms. The molecule has 3 rings (SSSR count). The summed E-state index contributed by atoms with van der Waals surface area (Å²) in [6.07, 6.45) is 1.21. The maximum absolute atomic E-state index is 12.6. The number of hydrogen-bond acceptors (Lipinski definition) is 3. The number of carboxylic acid groups (broad SMARTS) is 1. The number of para-hydroxylation sites is 1. The van der Waals surface area contributed by atoms with Crippen LogP contribution < -0.4 is 4.90 Å². The lowest BCUT2D eigenvalue weighted by atomic mass is 9.95. The molecule has 0 saturated carbocycles. The number of anilines is 1. The van der Waals surface area contributed by atoms with Gasteiger partial charge in [-0.1, -0.05) is 18.2 Å². The molecule has 1 N–H and O–H groups in total. The Hall–Kier alpha value is -2.37. The van der Waals surface area contributed by atoms with E-state index in [0.717, 1.165) is 5.69 Å². The zero-order valence-electron chi connectivity index (χ0n) is 12.9. The normalized spacial score (nSPS) is 22.4. The predicted octanol–water partition coefficient (Wildman–Crippen LogP) is 1.36. The first-order chi connectivity index (χ1) is 11.1. The van der Waals surface area contributed by atoms with Gasteiger partial charge in [-0.3, -0.25) is 14.4 Å². The second kappa shape index (κ2) is 6.40. The van der Waals surface area contributed by atoms with Crippen LogP contribution in [-0.2, 0) is 14.4 Å². The van der Waals surface area contributed by atoms with Crippen LogP contribution in [0.15, 0.2) is 30.3 Å². The van der Waals surface area contributed by atoms with E-state index in [4.69, 9.17) is 5.11 Å². The zero-order chi connectivity index (χ0) is 16.4. The summed E-state index contributed by atoms with van der Waals surface area (Å²) in [6.45, 7) is 1.33. The smallest absolute Gasteiger partial charge is 0.306 e. The van der Waals surface area contributed by atoms with Crippen molar-refractivity contribution in [1.29, 1.82) is 0 Å². The van der Waals surface area contributed by atoms with E-state index in [1.165, 1.54) is 0 Å². The van der Waals surface area contributed by atoms with Gasteiger partial charge in [0.25, 0.3) is 0 Å². The summed E-state index contributed by atoms with van der Waals surface area (Å²) in [5, 5.41) is 9.02. The van der Waals surface area contributed by atoms with Crippen LogP contribution in [-0.4, -0.2) is 47.4 Å². The van der Waals surface area contributed by atoms with Gasteiger partial charge in [0.15, 0.2) is 0 Å². The van der Waals surface area contributed by atoms with Crippen molar-refractivity contribution in [2.24, 2.45) is 11.8 Å². The van der Waals surface area contributed by atoms with Crippen LogP contribution in [0.4, 0.5) is 5.69 Å². The molecule has 0 radical (unpaired) electrons. The SMILES string of the molecule is O=C(O)C1CCN(C(=O)[C@H]2CC(=O)N(c3ccccc3)C2)CC1. The van der Waals surface area contributed by atoms with E-state index in [2.05, 4.69) is 0 Å². The summed E-state index contributed by atoms with van der Waals surface area (Å²) in [6, 6.07) is 9.36. The molecule has 2 fully saturated rings. The number of piperidine rings is 1. The highest BCUT2D eigenvalue weighted by atomic mass is 16.4. The fourth-order valence-electron chi connectivity index (χ4n) is 3.34. The molecule has 2 amide bonds. The van der Waals surface area contributed by atoms with Gasteiger partial charge in [0.1, 0.15) is 0 Å². The van der Waals surface area contributed by atoms with Crippen molar-refractivity contribution in [2.45, 2.75) is 19.3 Å². The van der Waals surface area contributed by atoms with Gasteiger partial charge in [0, 0.05) is 31.7 Å². The highest BCUT2D eigenvalue weighted by molar-refractivity contribution is 6.00. The van der Waals surface area contributed by atoms with Gasteiger partial charge in [-0.2, -0.15) is 0 Å². The standard InChI is InChI=1S/C17H20N2O4/c20-15-10-13(11-19(15)14-4-2-1-3-5-14)16(21)18-8-6-12(7-9-18)17(22)23/h1-5,12-13H,6-11H2,(H,22,23)/t13-/m0/s1. The molecule has 2 saturated heterocycles. The third kappa shape index (κ3) is 3.21. The van der Waals surface area contributed by atoms with Crippen LogP contribution in [0.3, 0.4) is 0 Å². The molecule has 6 heteroatoms. The summed E-state index contributed by atoms with van der Waals surface area (Å²) >= 11 is 0. The van der Waals surface area contributed by atoms with E-state index in [1.54, 1.807) is 9.80 Å². The van der Waals surface area contributed by atoms with Crippen LogP contribution >= 0.6 is 0 Å². The van der Waals surface area contributed by atoms with Crippen molar-refractivity contribution in [2.75, 3.05) is 24.5 Å². The molecule has 0 bridgehead atoms. The molecule has 6 nitrogen and oxygen atoms in total. The number of hydrogen-bond donors (Lipinski definition) is 1. The zero-order valence-corrected chi connectivity index (χ0v) is 12.9. The van der Waals surface area contributed by atoms with Crippen molar-refractivity contribution in [3.05, 3.63) is 30.3 Å². The maximum atomic E-state index is 12.6. The van der Waals surface area contributed by atoms with E-state index < -0.39 is 5.97 Å². The molecule has 23 heavy (non-hydrogen) atoms. The molecule has 0 aromatic heterocycles. The number of amides is 2. The predicted molar refractivity (Wildman–Crippen MR) is 83.8 cm³/mol. The second-order valence-electron chi connectivity index (χ2n) is 6.18. The summed E-state index contributed by atoms with van der Waals surface area (Å²) < 4.78 is 0. The van der Waals surface area contributed by atoms with Crippen LogP contribution in [0.1, 0.15) is 19.3 Å². The average Bonchev–Trinajstić information content (AvgIpc) is 2.97. The van der Waals surface area contributed by atoms with Crippen molar-refractivity contribution in [1.82, 2.24) is 4.90 Å². The highest BCUT2D eigenvalue weighted by Gasteiger charge is 2.38. The molecule has 1 aromatic rings. The number of rotatable bonds is 3. The van der Waals surface area contributed by atoms with Crippen molar-refractivity contribution < 1.29 is 19.5 Å². The van der Waals surface area contributed by atoms with Crippen LogP contribution in [0.2, 0.25) is 0 Å². The lowest BCUT2D eigenvalue weighted by Gasteiger charge is -2.31. The highest BCUT2D eigenvalue weighted by Crippen LogP contribution is 2.27. The molecule has 2 aliphatic heterocycles. The lowest BCUT2D eigenvalue weighted by molar-refractivity contribution is -0.146. The molecule has 122 valence electrons. The molecule has 0 unspecified atom stereocenters. The molecule has 2 aliphatic rings.